The number of nitrogens with one attached hydrogen (secondary N) is 1. The largest absolute Gasteiger partial charge is 0.451 e. The lowest BCUT2D eigenvalue weighted by Gasteiger charge is -2.37. The van der Waals surface area contributed by atoms with Crippen LogP contribution in [0.5, 0.6) is 0 Å². The maximum atomic E-state index is 14.2. The van der Waals surface area contributed by atoms with Gasteiger partial charge in [-0.1, -0.05) is 11.6 Å². The molecule has 0 aliphatic carbocycles. The van der Waals surface area contributed by atoms with Crippen molar-refractivity contribution in [1.29, 1.82) is 0 Å². The predicted molar refractivity (Wildman–Crippen MR) is 162 cm³/mol. The van der Waals surface area contributed by atoms with Gasteiger partial charge in [-0.15, -0.1) is 0 Å². The van der Waals surface area contributed by atoms with Gasteiger partial charge in [-0.2, -0.15) is 28.1 Å². The second-order valence-electron chi connectivity index (χ2n) is 11.7. The fourth-order valence-electron chi connectivity index (χ4n) is 6.22. The van der Waals surface area contributed by atoms with Crippen molar-refractivity contribution in [3.05, 3.63) is 58.3 Å². The zero-order valence-corrected chi connectivity index (χ0v) is 25.3. The van der Waals surface area contributed by atoms with E-state index >= 15 is 0 Å². The third kappa shape index (κ3) is 5.50. The zero-order chi connectivity index (χ0) is 30.6. The number of hydrogen-bond donors (Lipinski definition) is 1. The van der Waals surface area contributed by atoms with Gasteiger partial charge in [-0.25, -0.2) is 9.97 Å². The molecule has 0 unspecified atom stereocenters. The van der Waals surface area contributed by atoms with Gasteiger partial charge in [-0.05, 0) is 44.3 Å². The second-order valence-corrected chi connectivity index (χ2v) is 12.1. The summed E-state index contributed by atoms with van der Waals surface area (Å²) in [4.78, 5) is 35.6. The van der Waals surface area contributed by atoms with Gasteiger partial charge in [0.05, 0.1) is 0 Å². The van der Waals surface area contributed by atoms with Gasteiger partial charge in [0.25, 0.3) is 0 Å². The number of anilines is 3. The molecule has 232 valence electrons. The van der Waals surface area contributed by atoms with Gasteiger partial charge in [-0.3, -0.25) is 0 Å². The van der Waals surface area contributed by atoms with E-state index < -0.39 is 18.0 Å². The lowest BCUT2D eigenvalue weighted by Crippen LogP contribution is -2.46. The van der Waals surface area contributed by atoms with Crippen LogP contribution in [0, 0.1) is 0 Å². The number of aromatic nitrogens is 6. The van der Waals surface area contributed by atoms with E-state index in [-0.39, 0.29) is 11.9 Å². The van der Waals surface area contributed by atoms with Crippen LogP contribution in [-0.4, -0.2) is 113 Å². The quantitative estimate of drug-likeness (QED) is 0.362. The van der Waals surface area contributed by atoms with E-state index in [1.807, 2.05) is 30.1 Å². The molecule has 3 aliphatic heterocycles. The number of fused-ring (bicyclic) bond motifs is 3. The van der Waals surface area contributed by atoms with Crippen molar-refractivity contribution < 1.29 is 13.2 Å². The molecule has 0 amide bonds. The minimum absolute atomic E-state index is 0.0308. The van der Waals surface area contributed by atoms with Crippen molar-refractivity contribution in [1.82, 2.24) is 39.7 Å². The number of alkyl halides is 3. The summed E-state index contributed by atoms with van der Waals surface area (Å²) < 4.78 is 42.5. The maximum absolute atomic E-state index is 14.2. The Morgan fingerprint density at radius 3 is 2.05 bits per heavy atom. The molecule has 11 nitrogen and oxygen atoms in total. The van der Waals surface area contributed by atoms with E-state index in [0.29, 0.717) is 50.1 Å². The molecule has 3 aliphatic rings. The van der Waals surface area contributed by atoms with Crippen LogP contribution in [0.15, 0.2) is 30.6 Å². The first kappa shape index (κ1) is 29.0. The molecular formula is C29H33ClF3N11. The molecule has 0 spiro atoms. The fraction of sp³-hybridized carbons (Fsp3) is 0.483. The Balaban J connectivity index is 1.32. The first-order valence-electron chi connectivity index (χ1n) is 14.7. The number of nitrogens with zero attached hydrogens (tertiary/aromatic N) is 10. The minimum Gasteiger partial charge on any atom is -0.356 e. The van der Waals surface area contributed by atoms with E-state index in [4.69, 9.17) is 21.6 Å². The molecule has 2 saturated heterocycles. The number of likely N-dealkylation sites (N-methyl/N-ethyl adjacent to an activating group) is 2. The maximum Gasteiger partial charge on any atom is 0.451 e. The number of aromatic amines is 1. The number of halogens is 4. The molecule has 3 aromatic heterocycles. The van der Waals surface area contributed by atoms with Crippen molar-refractivity contribution in [2.75, 3.05) is 87.7 Å². The van der Waals surface area contributed by atoms with Crippen LogP contribution < -0.4 is 14.7 Å². The molecule has 1 N–H and O–H groups in total. The molecule has 0 saturated carbocycles. The van der Waals surface area contributed by atoms with Gasteiger partial charge in [0.15, 0.2) is 0 Å². The first-order valence-corrected chi connectivity index (χ1v) is 15.1. The van der Waals surface area contributed by atoms with E-state index in [1.165, 1.54) is 0 Å². The summed E-state index contributed by atoms with van der Waals surface area (Å²) in [5.41, 5.74) is 3.50. The molecule has 6 heterocycles. The Morgan fingerprint density at radius 2 is 1.41 bits per heavy atom. The number of piperazine rings is 2. The van der Waals surface area contributed by atoms with Crippen molar-refractivity contribution in [3.8, 4) is 0 Å². The highest BCUT2D eigenvalue weighted by atomic mass is 35.5. The normalized spacial score (nSPS) is 20.4. The van der Waals surface area contributed by atoms with Gasteiger partial charge < -0.3 is 29.5 Å². The molecule has 1 aromatic carbocycles. The second kappa shape index (κ2) is 11.3. The number of rotatable bonds is 4. The average molecular weight is 628 g/mol. The summed E-state index contributed by atoms with van der Waals surface area (Å²) in [6, 6.07) is 5.09. The monoisotopic (exact) mass is 627 g/mol. The van der Waals surface area contributed by atoms with Crippen molar-refractivity contribution >= 4 is 40.3 Å². The molecule has 0 radical (unpaired) electrons. The summed E-state index contributed by atoms with van der Waals surface area (Å²) in [5, 5.41) is 1.60. The van der Waals surface area contributed by atoms with Crippen molar-refractivity contribution in [3.63, 3.8) is 0 Å². The Kier molecular flexibility index (Phi) is 7.45. The molecule has 2 fully saturated rings. The number of hydrogen-bond acceptors (Lipinski definition) is 10. The van der Waals surface area contributed by atoms with Gasteiger partial charge in [0.2, 0.25) is 23.7 Å². The number of benzene rings is 1. The lowest BCUT2D eigenvalue weighted by atomic mass is 9.94. The van der Waals surface area contributed by atoms with E-state index in [2.05, 4.69) is 41.7 Å². The average Bonchev–Trinajstić information content (AvgIpc) is 3.38. The molecule has 4 aromatic rings. The third-order valence-electron chi connectivity index (χ3n) is 8.76. The highest BCUT2D eigenvalue weighted by Crippen LogP contribution is 2.41. The van der Waals surface area contributed by atoms with E-state index in [9.17, 15) is 13.2 Å². The Hall–Kier alpha value is -3.75. The molecule has 44 heavy (non-hydrogen) atoms. The van der Waals surface area contributed by atoms with E-state index in [0.717, 1.165) is 53.9 Å². The Labute approximate surface area is 257 Å². The highest BCUT2D eigenvalue weighted by Gasteiger charge is 2.40. The topological polar surface area (TPSA) is 96.4 Å². The standard InChI is InChI=1S/C29H33ClF3N11/c1-40-7-11-42(12-8-40)26-34-16-18(17-35-26)24-23-20(21-15-19(30)3-4-22(21)36-23)5-6-44(24)28-38-25(29(31,32)33)37-27(39-28)43-13-9-41(2)10-14-43/h3-4,15-17,24,36H,5-14H2,1-2H3/t24-/m0/s1. The Morgan fingerprint density at radius 1 is 0.795 bits per heavy atom. The van der Waals surface area contributed by atoms with Crippen LogP contribution in [0.3, 0.4) is 0 Å². The van der Waals surface area contributed by atoms with Gasteiger partial charge >= 0.3 is 6.18 Å². The predicted octanol–water partition coefficient (Wildman–Crippen LogP) is 3.47. The SMILES string of the molecule is CN1CCN(c2ncc([C@H]3c4[nH]c5ccc(Cl)cc5c4CCN3c3nc(N4CCN(C)CC4)nc(C(F)(F)F)n3)cn2)CC1. The summed E-state index contributed by atoms with van der Waals surface area (Å²) in [6.45, 7) is 6.29. The molecule has 7 rings (SSSR count). The molecule has 0 bridgehead atoms. The van der Waals surface area contributed by atoms with Crippen molar-refractivity contribution in [2.24, 2.45) is 0 Å². The van der Waals surface area contributed by atoms with Crippen LogP contribution >= 0.6 is 11.6 Å². The van der Waals surface area contributed by atoms with Crippen LogP contribution in [0.4, 0.5) is 31.0 Å². The summed E-state index contributed by atoms with van der Waals surface area (Å²) in [6.07, 6.45) is -0.651. The minimum atomic E-state index is -4.74. The fourth-order valence-corrected chi connectivity index (χ4v) is 6.39. The first-order chi connectivity index (χ1) is 21.1. The lowest BCUT2D eigenvalue weighted by molar-refractivity contribution is -0.145. The van der Waals surface area contributed by atoms with Gasteiger partial charge in [0, 0.05) is 98.5 Å². The zero-order valence-electron chi connectivity index (χ0n) is 24.5. The van der Waals surface area contributed by atoms with Crippen LogP contribution in [0.1, 0.15) is 28.7 Å². The highest BCUT2D eigenvalue weighted by molar-refractivity contribution is 6.31. The molecular weight excluding hydrogens is 595 g/mol. The number of H-pyrrole nitrogens is 1. The molecule has 15 heteroatoms. The van der Waals surface area contributed by atoms with Gasteiger partial charge in [0.1, 0.15) is 6.04 Å². The Bertz CT molecular complexity index is 1650. The van der Waals surface area contributed by atoms with E-state index in [1.54, 1.807) is 17.3 Å². The van der Waals surface area contributed by atoms with Crippen LogP contribution in [-0.2, 0) is 12.6 Å². The summed E-state index contributed by atoms with van der Waals surface area (Å²) in [5.74, 6) is -0.572. The van der Waals surface area contributed by atoms with Crippen LogP contribution in [0.25, 0.3) is 10.9 Å². The third-order valence-corrected chi connectivity index (χ3v) is 8.99. The molecule has 1 atom stereocenters. The smallest absolute Gasteiger partial charge is 0.356 e. The summed E-state index contributed by atoms with van der Waals surface area (Å²) in [7, 11) is 4.07. The summed E-state index contributed by atoms with van der Waals surface area (Å²) >= 11 is 6.36. The van der Waals surface area contributed by atoms with Crippen molar-refractivity contribution in [2.45, 2.75) is 18.6 Å². The van der Waals surface area contributed by atoms with Crippen LogP contribution in [0.2, 0.25) is 5.02 Å².